The minimum Gasteiger partial charge on any atom is -0.494 e. The summed E-state index contributed by atoms with van der Waals surface area (Å²) in [6.45, 7) is 5.64. The maximum atomic E-state index is 11.7. The van der Waals surface area contributed by atoms with Gasteiger partial charge in [-0.25, -0.2) is 0 Å². The molecule has 1 atom stereocenters. The van der Waals surface area contributed by atoms with Crippen LogP contribution in [0.15, 0.2) is 18.2 Å². The standard InChI is InChI=1S/C15H21NO3/c1-3-19-14-7-6-12(11(2)17)9-13(14)10-16-8-4-5-15(16)18/h6-7,9,11,17H,3-5,8,10H2,1-2H3. The largest absolute Gasteiger partial charge is 0.494 e. The van der Waals surface area contributed by atoms with E-state index < -0.39 is 6.10 Å². The van der Waals surface area contributed by atoms with Gasteiger partial charge in [0.1, 0.15) is 5.75 Å². The van der Waals surface area contributed by atoms with E-state index in [4.69, 9.17) is 4.74 Å². The van der Waals surface area contributed by atoms with Gasteiger partial charge in [-0.15, -0.1) is 0 Å². The van der Waals surface area contributed by atoms with Crippen LogP contribution in [0.3, 0.4) is 0 Å². The molecule has 1 fully saturated rings. The van der Waals surface area contributed by atoms with E-state index in [1.165, 1.54) is 0 Å². The summed E-state index contributed by atoms with van der Waals surface area (Å²) in [5.74, 6) is 0.997. The number of aliphatic hydroxyl groups is 1. The molecule has 19 heavy (non-hydrogen) atoms. The summed E-state index contributed by atoms with van der Waals surface area (Å²) >= 11 is 0. The molecule has 1 unspecified atom stereocenters. The van der Waals surface area contributed by atoms with Crippen LogP contribution in [0, 0.1) is 0 Å². The van der Waals surface area contributed by atoms with Crippen molar-refractivity contribution in [3.8, 4) is 5.75 Å². The molecular weight excluding hydrogens is 242 g/mol. The van der Waals surface area contributed by atoms with Crippen molar-refractivity contribution in [1.82, 2.24) is 4.90 Å². The van der Waals surface area contributed by atoms with Crippen molar-refractivity contribution < 1.29 is 14.6 Å². The number of ether oxygens (including phenoxy) is 1. The maximum absolute atomic E-state index is 11.7. The summed E-state index contributed by atoms with van der Waals surface area (Å²) in [6, 6.07) is 5.67. The molecule has 0 spiro atoms. The van der Waals surface area contributed by atoms with Gasteiger partial charge in [-0.2, -0.15) is 0 Å². The highest BCUT2D eigenvalue weighted by Gasteiger charge is 2.21. The third kappa shape index (κ3) is 3.26. The van der Waals surface area contributed by atoms with Crippen molar-refractivity contribution >= 4 is 5.91 Å². The fourth-order valence-corrected chi connectivity index (χ4v) is 2.36. The van der Waals surface area contributed by atoms with Crippen LogP contribution in [0.25, 0.3) is 0 Å². The average Bonchev–Trinajstić information content (AvgIpc) is 2.77. The quantitative estimate of drug-likeness (QED) is 0.886. The monoisotopic (exact) mass is 263 g/mol. The molecule has 0 radical (unpaired) electrons. The number of carbonyl (C=O) groups excluding carboxylic acids is 1. The SMILES string of the molecule is CCOc1ccc(C(C)O)cc1CN1CCCC1=O. The minimum atomic E-state index is -0.510. The number of hydrogen-bond donors (Lipinski definition) is 1. The molecule has 1 heterocycles. The number of aliphatic hydroxyl groups excluding tert-OH is 1. The molecule has 0 aliphatic carbocycles. The van der Waals surface area contributed by atoms with Gasteiger partial charge in [0.2, 0.25) is 5.91 Å². The molecule has 1 aliphatic heterocycles. The van der Waals surface area contributed by atoms with Crippen molar-refractivity contribution in [2.45, 2.75) is 39.3 Å². The molecule has 0 aromatic heterocycles. The lowest BCUT2D eigenvalue weighted by Crippen LogP contribution is -2.24. The molecule has 0 saturated carbocycles. The maximum Gasteiger partial charge on any atom is 0.222 e. The lowest BCUT2D eigenvalue weighted by atomic mass is 10.1. The predicted octanol–water partition coefficient (Wildman–Crippen LogP) is 2.26. The van der Waals surface area contributed by atoms with Crippen LogP contribution >= 0.6 is 0 Å². The number of carbonyl (C=O) groups is 1. The van der Waals surface area contributed by atoms with E-state index in [1.807, 2.05) is 30.0 Å². The van der Waals surface area contributed by atoms with E-state index in [1.54, 1.807) is 6.92 Å². The van der Waals surface area contributed by atoms with Gasteiger partial charge in [0.05, 0.1) is 12.7 Å². The van der Waals surface area contributed by atoms with Crippen molar-refractivity contribution in [3.05, 3.63) is 29.3 Å². The normalized spacial score (nSPS) is 16.8. The van der Waals surface area contributed by atoms with Crippen LogP contribution in [0.2, 0.25) is 0 Å². The Hall–Kier alpha value is -1.55. The first-order valence-corrected chi connectivity index (χ1v) is 6.83. The Morgan fingerprint density at radius 1 is 1.47 bits per heavy atom. The Kier molecular flexibility index (Phi) is 4.43. The fourth-order valence-electron chi connectivity index (χ4n) is 2.36. The second kappa shape index (κ2) is 6.06. The van der Waals surface area contributed by atoms with Crippen LogP contribution < -0.4 is 4.74 Å². The molecule has 2 rings (SSSR count). The molecule has 4 heteroatoms. The van der Waals surface area contributed by atoms with Gasteiger partial charge < -0.3 is 14.7 Å². The molecule has 104 valence electrons. The van der Waals surface area contributed by atoms with Crippen LogP contribution in [0.4, 0.5) is 0 Å². The number of rotatable bonds is 5. The number of benzene rings is 1. The molecule has 1 saturated heterocycles. The highest BCUT2D eigenvalue weighted by atomic mass is 16.5. The molecule has 1 aliphatic rings. The summed E-state index contributed by atoms with van der Waals surface area (Å²) in [5.41, 5.74) is 1.82. The van der Waals surface area contributed by atoms with Gasteiger partial charge in [0.25, 0.3) is 0 Å². The Balaban J connectivity index is 2.23. The van der Waals surface area contributed by atoms with Crippen molar-refractivity contribution in [2.75, 3.05) is 13.2 Å². The van der Waals surface area contributed by atoms with Crippen LogP contribution in [-0.2, 0) is 11.3 Å². The zero-order chi connectivity index (χ0) is 13.8. The average molecular weight is 263 g/mol. The van der Waals surface area contributed by atoms with E-state index in [-0.39, 0.29) is 5.91 Å². The fraction of sp³-hybridized carbons (Fsp3) is 0.533. The van der Waals surface area contributed by atoms with Gasteiger partial charge >= 0.3 is 0 Å². The van der Waals surface area contributed by atoms with E-state index in [9.17, 15) is 9.90 Å². The zero-order valence-electron chi connectivity index (χ0n) is 11.6. The third-order valence-electron chi connectivity index (χ3n) is 3.40. The van der Waals surface area contributed by atoms with E-state index in [0.29, 0.717) is 19.6 Å². The Bertz CT molecular complexity index is 457. The first-order chi connectivity index (χ1) is 9.11. The highest BCUT2D eigenvalue weighted by molar-refractivity contribution is 5.78. The van der Waals surface area contributed by atoms with Gasteiger partial charge in [-0.1, -0.05) is 6.07 Å². The summed E-state index contributed by atoms with van der Waals surface area (Å²) in [4.78, 5) is 13.6. The number of likely N-dealkylation sites (tertiary alicyclic amines) is 1. The van der Waals surface area contributed by atoms with Crippen molar-refractivity contribution in [3.63, 3.8) is 0 Å². The molecule has 1 N–H and O–H groups in total. The molecule has 1 aromatic carbocycles. The molecule has 1 aromatic rings. The lowest BCUT2D eigenvalue weighted by molar-refractivity contribution is -0.128. The Morgan fingerprint density at radius 2 is 2.26 bits per heavy atom. The first kappa shape index (κ1) is 13.9. The van der Waals surface area contributed by atoms with Gasteiger partial charge in [0.15, 0.2) is 0 Å². The molecule has 4 nitrogen and oxygen atoms in total. The first-order valence-electron chi connectivity index (χ1n) is 6.83. The minimum absolute atomic E-state index is 0.199. The van der Waals surface area contributed by atoms with E-state index in [0.717, 1.165) is 29.8 Å². The Labute approximate surface area is 114 Å². The summed E-state index contributed by atoms with van der Waals surface area (Å²) < 4.78 is 5.60. The zero-order valence-corrected chi connectivity index (χ0v) is 11.6. The number of hydrogen-bond acceptors (Lipinski definition) is 3. The third-order valence-corrected chi connectivity index (χ3v) is 3.40. The van der Waals surface area contributed by atoms with Crippen molar-refractivity contribution in [2.24, 2.45) is 0 Å². The lowest BCUT2D eigenvalue weighted by Gasteiger charge is -2.19. The van der Waals surface area contributed by atoms with Gasteiger partial charge in [-0.3, -0.25) is 4.79 Å². The second-order valence-corrected chi connectivity index (χ2v) is 4.89. The van der Waals surface area contributed by atoms with Gasteiger partial charge in [0, 0.05) is 25.1 Å². The Morgan fingerprint density at radius 3 is 2.84 bits per heavy atom. The smallest absolute Gasteiger partial charge is 0.222 e. The van der Waals surface area contributed by atoms with Crippen molar-refractivity contribution in [1.29, 1.82) is 0 Å². The molecule has 1 amide bonds. The second-order valence-electron chi connectivity index (χ2n) is 4.89. The number of nitrogens with zero attached hydrogens (tertiary/aromatic N) is 1. The van der Waals surface area contributed by atoms with Gasteiger partial charge in [-0.05, 0) is 38.0 Å². The topological polar surface area (TPSA) is 49.8 Å². The summed E-state index contributed by atoms with van der Waals surface area (Å²) in [5, 5.41) is 9.66. The highest BCUT2D eigenvalue weighted by Crippen LogP contribution is 2.26. The van der Waals surface area contributed by atoms with Crippen LogP contribution in [0.1, 0.15) is 43.9 Å². The number of amides is 1. The van der Waals surface area contributed by atoms with Crippen LogP contribution in [-0.4, -0.2) is 29.1 Å². The molecule has 0 bridgehead atoms. The van der Waals surface area contributed by atoms with Crippen LogP contribution in [0.5, 0.6) is 5.75 Å². The summed E-state index contributed by atoms with van der Waals surface area (Å²) in [7, 11) is 0. The summed E-state index contributed by atoms with van der Waals surface area (Å²) in [6.07, 6.45) is 1.06. The van der Waals surface area contributed by atoms with E-state index >= 15 is 0 Å². The molecular formula is C15H21NO3. The van der Waals surface area contributed by atoms with E-state index in [2.05, 4.69) is 0 Å². The predicted molar refractivity (Wildman–Crippen MR) is 72.9 cm³/mol.